The Morgan fingerprint density at radius 3 is 2.68 bits per heavy atom. The molecule has 6 nitrogen and oxygen atoms in total. The van der Waals surface area contributed by atoms with Crippen molar-refractivity contribution in [3.8, 4) is 0 Å². The van der Waals surface area contributed by atoms with Gasteiger partial charge in [0.2, 0.25) is 5.91 Å². The number of amides is 1. The van der Waals surface area contributed by atoms with E-state index in [1.54, 1.807) is 0 Å². The summed E-state index contributed by atoms with van der Waals surface area (Å²) in [6.45, 7) is 8.35. The maximum atomic E-state index is 12.2. The first-order valence-electron chi connectivity index (χ1n) is 8.57. The van der Waals surface area contributed by atoms with E-state index in [0.29, 0.717) is 6.42 Å². The Balaban J connectivity index is 1.44. The van der Waals surface area contributed by atoms with Crippen LogP contribution in [0.2, 0.25) is 5.02 Å². The predicted octanol–water partition coefficient (Wildman–Crippen LogP) is 2.83. The zero-order chi connectivity index (χ0) is 17.8. The van der Waals surface area contributed by atoms with Crippen LogP contribution in [-0.4, -0.2) is 53.7 Å². The van der Waals surface area contributed by atoms with Crippen LogP contribution in [0.4, 0.5) is 11.4 Å². The van der Waals surface area contributed by atoms with E-state index in [9.17, 15) is 4.79 Å². The number of aryl methyl sites for hydroxylation is 2. The topological polar surface area (TPSA) is 64.3 Å². The van der Waals surface area contributed by atoms with Crippen molar-refractivity contribution in [1.82, 2.24) is 15.1 Å². The van der Waals surface area contributed by atoms with Gasteiger partial charge < -0.3 is 10.2 Å². The number of halogens is 1. The first-order chi connectivity index (χ1) is 12.0. The third-order valence-electron chi connectivity index (χ3n) is 4.59. The van der Waals surface area contributed by atoms with Gasteiger partial charge in [0.15, 0.2) is 0 Å². The van der Waals surface area contributed by atoms with Gasteiger partial charge in [0.1, 0.15) is 0 Å². The summed E-state index contributed by atoms with van der Waals surface area (Å²) in [7, 11) is 0. The molecule has 2 aromatic rings. The molecule has 1 aliphatic heterocycles. The standard InChI is InChI=1S/C18H24ClN5O/c1-13-18(14(2)22-21-13)20-17(25)6-7-23-8-10-24(11-9-23)16-5-3-4-15(19)12-16/h3-5,12H,6-11H2,1-2H3,(H,20,25)(H,21,22). The second kappa shape index (κ2) is 7.89. The summed E-state index contributed by atoms with van der Waals surface area (Å²) in [5.41, 5.74) is 3.67. The van der Waals surface area contributed by atoms with Gasteiger partial charge >= 0.3 is 0 Å². The van der Waals surface area contributed by atoms with Crippen LogP contribution in [0.5, 0.6) is 0 Å². The number of hydrogen-bond donors (Lipinski definition) is 2. The molecule has 0 atom stereocenters. The first-order valence-corrected chi connectivity index (χ1v) is 8.95. The van der Waals surface area contributed by atoms with Gasteiger partial charge in [-0.15, -0.1) is 0 Å². The molecule has 25 heavy (non-hydrogen) atoms. The van der Waals surface area contributed by atoms with E-state index in [0.717, 1.165) is 60.5 Å². The van der Waals surface area contributed by atoms with Crippen LogP contribution in [0.15, 0.2) is 24.3 Å². The highest BCUT2D eigenvalue weighted by atomic mass is 35.5. The Morgan fingerprint density at radius 2 is 2.04 bits per heavy atom. The summed E-state index contributed by atoms with van der Waals surface area (Å²) in [4.78, 5) is 16.8. The number of aromatic nitrogens is 2. The minimum atomic E-state index is 0.0323. The molecule has 0 saturated carbocycles. The molecule has 1 aliphatic rings. The maximum absolute atomic E-state index is 12.2. The van der Waals surface area contributed by atoms with Crippen LogP contribution in [-0.2, 0) is 4.79 Å². The van der Waals surface area contributed by atoms with Crippen molar-refractivity contribution in [3.05, 3.63) is 40.7 Å². The number of nitrogens with zero attached hydrogens (tertiary/aromatic N) is 3. The van der Waals surface area contributed by atoms with Gasteiger partial charge in [0, 0.05) is 49.9 Å². The lowest BCUT2D eigenvalue weighted by Gasteiger charge is -2.36. The number of H-pyrrole nitrogens is 1. The smallest absolute Gasteiger partial charge is 0.225 e. The number of aromatic amines is 1. The molecule has 1 aromatic carbocycles. The fraction of sp³-hybridized carbons (Fsp3) is 0.444. The zero-order valence-electron chi connectivity index (χ0n) is 14.7. The van der Waals surface area contributed by atoms with E-state index in [2.05, 4.69) is 31.4 Å². The molecule has 0 spiro atoms. The van der Waals surface area contributed by atoms with Crippen molar-refractivity contribution < 1.29 is 4.79 Å². The van der Waals surface area contributed by atoms with Crippen LogP contribution in [0.3, 0.4) is 0 Å². The largest absolute Gasteiger partial charge is 0.369 e. The van der Waals surface area contributed by atoms with Crippen LogP contribution in [0, 0.1) is 13.8 Å². The molecule has 1 saturated heterocycles. The van der Waals surface area contributed by atoms with Crippen LogP contribution < -0.4 is 10.2 Å². The van der Waals surface area contributed by atoms with E-state index in [-0.39, 0.29) is 5.91 Å². The summed E-state index contributed by atoms with van der Waals surface area (Å²) in [5.74, 6) is 0.0323. The molecule has 1 aromatic heterocycles. The quantitative estimate of drug-likeness (QED) is 0.859. The highest BCUT2D eigenvalue weighted by Gasteiger charge is 2.18. The summed E-state index contributed by atoms with van der Waals surface area (Å²) in [6.07, 6.45) is 0.487. The van der Waals surface area contributed by atoms with Crippen LogP contribution >= 0.6 is 11.6 Å². The number of hydrogen-bond acceptors (Lipinski definition) is 4. The molecule has 0 unspecified atom stereocenters. The van der Waals surface area contributed by atoms with E-state index < -0.39 is 0 Å². The van der Waals surface area contributed by atoms with Crippen LogP contribution in [0.1, 0.15) is 17.8 Å². The fourth-order valence-corrected chi connectivity index (χ4v) is 3.28. The lowest BCUT2D eigenvalue weighted by Crippen LogP contribution is -2.47. The number of piperazine rings is 1. The SMILES string of the molecule is Cc1n[nH]c(C)c1NC(=O)CCN1CCN(c2cccc(Cl)c2)CC1. The number of carbonyl (C=O) groups is 1. The Kier molecular flexibility index (Phi) is 5.60. The minimum Gasteiger partial charge on any atom is -0.369 e. The Bertz CT molecular complexity index is 717. The zero-order valence-corrected chi connectivity index (χ0v) is 15.4. The monoisotopic (exact) mass is 361 g/mol. The maximum Gasteiger partial charge on any atom is 0.225 e. The van der Waals surface area contributed by atoms with Gasteiger partial charge in [-0.25, -0.2) is 0 Å². The third kappa shape index (κ3) is 4.52. The Morgan fingerprint density at radius 1 is 1.28 bits per heavy atom. The second-order valence-corrected chi connectivity index (χ2v) is 6.85. The third-order valence-corrected chi connectivity index (χ3v) is 4.83. The molecular formula is C18H24ClN5O. The van der Waals surface area contributed by atoms with Crippen molar-refractivity contribution >= 4 is 28.9 Å². The number of carbonyl (C=O) groups excluding carboxylic acids is 1. The van der Waals surface area contributed by atoms with Gasteiger partial charge in [0.05, 0.1) is 17.1 Å². The van der Waals surface area contributed by atoms with Crippen LogP contribution in [0.25, 0.3) is 0 Å². The van der Waals surface area contributed by atoms with Crippen molar-refractivity contribution in [2.45, 2.75) is 20.3 Å². The van der Waals surface area contributed by atoms with Gasteiger partial charge in [-0.3, -0.25) is 14.8 Å². The Labute approximate surface area is 153 Å². The number of rotatable bonds is 5. The predicted molar refractivity (Wildman–Crippen MR) is 101 cm³/mol. The molecule has 134 valence electrons. The van der Waals surface area contributed by atoms with Gasteiger partial charge in [-0.05, 0) is 32.0 Å². The molecule has 0 aliphatic carbocycles. The molecule has 7 heteroatoms. The molecule has 0 bridgehead atoms. The first kappa shape index (κ1) is 17.8. The molecule has 1 fully saturated rings. The lowest BCUT2D eigenvalue weighted by molar-refractivity contribution is -0.116. The summed E-state index contributed by atoms with van der Waals surface area (Å²) >= 11 is 6.07. The highest BCUT2D eigenvalue weighted by Crippen LogP contribution is 2.21. The second-order valence-electron chi connectivity index (χ2n) is 6.42. The summed E-state index contributed by atoms with van der Waals surface area (Å²) < 4.78 is 0. The number of benzene rings is 1. The molecule has 2 N–H and O–H groups in total. The van der Waals surface area contributed by atoms with Gasteiger partial charge in [-0.2, -0.15) is 5.10 Å². The van der Waals surface area contributed by atoms with E-state index in [4.69, 9.17) is 11.6 Å². The minimum absolute atomic E-state index is 0.0323. The Hall–Kier alpha value is -2.05. The fourth-order valence-electron chi connectivity index (χ4n) is 3.10. The molecule has 1 amide bonds. The van der Waals surface area contributed by atoms with Crippen molar-refractivity contribution in [2.24, 2.45) is 0 Å². The average Bonchev–Trinajstić information content (AvgIpc) is 2.92. The normalized spacial score (nSPS) is 15.4. The molecule has 0 radical (unpaired) electrons. The molecule has 3 rings (SSSR count). The van der Waals surface area contributed by atoms with E-state index >= 15 is 0 Å². The van der Waals surface area contributed by atoms with Gasteiger partial charge in [-0.1, -0.05) is 17.7 Å². The van der Waals surface area contributed by atoms with E-state index in [1.807, 2.05) is 32.0 Å². The number of nitrogens with one attached hydrogen (secondary N) is 2. The summed E-state index contributed by atoms with van der Waals surface area (Å²) in [6, 6.07) is 7.96. The lowest BCUT2D eigenvalue weighted by atomic mass is 10.2. The van der Waals surface area contributed by atoms with E-state index in [1.165, 1.54) is 0 Å². The van der Waals surface area contributed by atoms with Crippen molar-refractivity contribution in [1.29, 1.82) is 0 Å². The number of anilines is 2. The highest BCUT2D eigenvalue weighted by molar-refractivity contribution is 6.30. The van der Waals surface area contributed by atoms with Crippen molar-refractivity contribution in [2.75, 3.05) is 42.9 Å². The van der Waals surface area contributed by atoms with Gasteiger partial charge in [0.25, 0.3) is 0 Å². The molecular weight excluding hydrogens is 338 g/mol. The molecule has 2 heterocycles. The average molecular weight is 362 g/mol. The summed E-state index contributed by atoms with van der Waals surface area (Å²) in [5, 5.41) is 10.7. The van der Waals surface area contributed by atoms with Crippen molar-refractivity contribution in [3.63, 3.8) is 0 Å².